The Kier molecular flexibility index (Phi) is 2.82. The van der Waals surface area contributed by atoms with Gasteiger partial charge in [-0.1, -0.05) is 6.07 Å². The van der Waals surface area contributed by atoms with Crippen molar-refractivity contribution in [2.75, 3.05) is 11.1 Å². The van der Waals surface area contributed by atoms with Crippen molar-refractivity contribution >= 4 is 17.4 Å². The molecule has 0 fully saturated rings. The molecule has 1 aromatic carbocycles. The van der Waals surface area contributed by atoms with E-state index in [2.05, 4.69) is 15.5 Å². The number of nitrogens with zero attached hydrogens (tertiary/aromatic N) is 1. The fourth-order valence-corrected chi connectivity index (χ4v) is 1.45. The number of carbonyl (C=O) groups is 1. The number of amides is 1. The number of aromatic amines is 1. The van der Waals surface area contributed by atoms with Gasteiger partial charge in [0.2, 0.25) is 0 Å². The first kappa shape index (κ1) is 11.2. The van der Waals surface area contributed by atoms with Gasteiger partial charge in [0.05, 0.1) is 0 Å². The van der Waals surface area contributed by atoms with Crippen molar-refractivity contribution in [2.45, 2.75) is 13.8 Å². The number of anilines is 2. The quantitative estimate of drug-likeness (QED) is 0.688. The van der Waals surface area contributed by atoms with Crippen molar-refractivity contribution in [2.24, 2.45) is 0 Å². The van der Waals surface area contributed by atoms with Crippen molar-refractivity contribution in [1.29, 1.82) is 0 Å². The first-order chi connectivity index (χ1) is 8.06. The molecule has 0 saturated carbocycles. The Labute approximate surface area is 99.0 Å². The Bertz CT molecular complexity index is 559. The maximum atomic E-state index is 11.9. The van der Waals surface area contributed by atoms with E-state index in [9.17, 15) is 4.79 Å². The standard InChI is InChI=1S/C12H14N4O/c1-7-3-4-9(6-10(7)13)12(17)14-11-5-8(2)15-16-11/h3-6H,13H2,1-2H3,(H2,14,15,16,17). The summed E-state index contributed by atoms with van der Waals surface area (Å²) in [5.41, 5.74) is 8.73. The molecular weight excluding hydrogens is 216 g/mol. The molecule has 5 heteroatoms. The molecule has 0 saturated heterocycles. The first-order valence-corrected chi connectivity index (χ1v) is 5.26. The van der Waals surface area contributed by atoms with Crippen LogP contribution in [0.3, 0.4) is 0 Å². The van der Waals surface area contributed by atoms with Crippen LogP contribution in [0.4, 0.5) is 11.5 Å². The highest BCUT2D eigenvalue weighted by molar-refractivity contribution is 6.04. The zero-order chi connectivity index (χ0) is 12.4. The van der Waals surface area contributed by atoms with E-state index in [4.69, 9.17) is 5.73 Å². The van der Waals surface area contributed by atoms with Crippen LogP contribution in [0.25, 0.3) is 0 Å². The van der Waals surface area contributed by atoms with Crippen LogP contribution in [0.1, 0.15) is 21.6 Å². The number of carbonyl (C=O) groups excluding carboxylic acids is 1. The molecule has 5 nitrogen and oxygen atoms in total. The van der Waals surface area contributed by atoms with Crippen molar-refractivity contribution in [3.8, 4) is 0 Å². The second kappa shape index (κ2) is 4.29. The number of aromatic nitrogens is 2. The molecule has 88 valence electrons. The van der Waals surface area contributed by atoms with E-state index in [0.717, 1.165) is 11.3 Å². The SMILES string of the molecule is Cc1cc(NC(=O)c2ccc(C)c(N)c2)n[nH]1. The van der Waals surface area contributed by atoms with Crippen LogP contribution in [0, 0.1) is 13.8 Å². The molecule has 17 heavy (non-hydrogen) atoms. The fraction of sp³-hybridized carbons (Fsp3) is 0.167. The zero-order valence-electron chi connectivity index (χ0n) is 9.74. The van der Waals surface area contributed by atoms with Crippen LogP contribution in [-0.2, 0) is 0 Å². The summed E-state index contributed by atoms with van der Waals surface area (Å²) in [5, 5.41) is 9.38. The molecule has 0 spiro atoms. The van der Waals surface area contributed by atoms with Crippen molar-refractivity contribution < 1.29 is 4.79 Å². The normalized spacial score (nSPS) is 10.2. The van der Waals surface area contributed by atoms with Gasteiger partial charge in [-0.15, -0.1) is 0 Å². The second-order valence-electron chi connectivity index (χ2n) is 3.96. The van der Waals surface area contributed by atoms with Crippen LogP contribution >= 0.6 is 0 Å². The lowest BCUT2D eigenvalue weighted by atomic mass is 10.1. The maximum Gasteiger partial charge on any atom is 0.256 e. The zero-order valence-corrected chi connectivity index (χ0v) is 9.74. The molecule has 0 aliphatic carbocycles. The summed E-state index contributed by atoms with van der Waals surface area (Å²) >= 11 is 0. The smallest absolute Gasteiger partial charge is 0.256 e. The molecule has 4 N–H and O–H groups in total. The van der Waals surface area contributed by atoms with E-state index in [1.165, 1.54) is 0 Å². The number of benzene rings is 1. The summed E-state index contributed by atoms with van der Waals surface area (Å²) in [6.07, 6.45) is 0. The van der Waals surface area contributed by atoms with Gasteiger partial charge in [-0.25, -0.2) is 0 Å². The summed E-state index contributed by atoms with van der Waals surface area (Å²) in [7, 11) is 0. The minimum Gasteiger partial charge on any atom is -0.398 e. The van der Waals surface area contributed by atoms with Gasteiger partial charge in [-0.05, 0) is 31.5 Å². The van der Waals surface area contributed by atoms with Gasteiger partial charge < -0.3 is 11.1 Å². The number of H-pyrrole nitrogens is 1. The topological polar surface area (TPSA) is 83.8 Å². The van der Waals surface area contributed by atoms with E-state index in [1.807, 2.05) is 19.9 Å². The Hall–Kier alpha value is -2.30. The van der Waals surface area contributed by atoms with Gasteiger partial charge in [0.25, 0.3) is 5.91 Å². The van der Waals surface area contributed by atoms with Gasteiger partial charge >= 0.3 is 0 Å². The Morgan fingerprint density at radius 2 is 2.12 bits per heavy atom. The summed E-state index contributed by atoms with van der Waals surface area (Å²) in [4.78, 5) is 11.9. The third-order valence-electron chi connectivity index (χ3n) is 2.49. The third-order valence-corrected chi connectivity index (χ3v) is 2.49. The molecular formula is C12H14N4O. The number of hydrogen-bond donors (Lipinski definition) is 3. The summed E-state index contributed by atoms with van der Waals surface area (Å²) in [5.74, 6) is 0.287. The van der Waals surface area contributed by atoms with Gasteiger partial charge in [0.15, 0.2) is 5.82 Å². The van der Waals surface area contributed by atoms with Gasteiger partial charge in [0, 0.05) is 23.0 Å². The van der Waals surface area contributed by atoms with Gasteiger partial charge in [-0.2, -0.15) is 5.10 Å². The minimum atomic E-state index is -0.219. The molecule has 2 rings (SSSR count). The van der Waals surface area contributed by atoms with Crippen molar-refractivity contribution in [3.63, 3.8) is 0 Å². The highest BCUT2D eigenvalue weighted by Crippen LogP contribution is 2.14. The van der Waals surface area contributed by atoms with Gasteiger partial charge in [0.1, 0.15) is 0 Å². The molecule has 1 aromatic heterocycles. The molecule has 0 bridgehead atoms. The van der Waals surface area contributed by atoms with E-state index in [0.29, 0.717) is 17.1 Å². The number of nitrogens with one attached hydrogen (secondary N) is 2. The van der Waals surface area contributed by atoms with Crippen LogP contribution < -0.4 is 11.1 Å². The lowest BCUT2D eigenvalue weighted by Gasteiger charge is -2.04. The number of rotatable bonds is 2. The third kappa shape index (κ3) is 2.44. The molecule has 0 aliphatic heterocycles. The molecule has 2 aromatic rings. The highest BCUT2D eigenvalue weighted by atomic mass is 16.1. The van der Waals surface area contributed by atoms with E-state index in [-0.39, 0.29) is 5.91 Å². The monoisotopic (exact) mass is 230 g/mol. The predicted octanol–water partition coefficient (Wildman–Crippen LogP) is 1.86. The minimum absolute atomic E-state index is 0.219. The Balaban J connectivity index is 2.17. The van der Waals surface area contributed by atoms with Crippen LogP contribution in [0.2, 0.25) is 0 Å². The molecule has 1 heterocycles. The largest absolute Gasteiger partial charge is 0.398 e. The molecule has 0 unspecified atom stereocenters. The van der Waals surface area contributed by atoms with Crippen LogP contribution in [-0.4, -0.2) is 16.1 Å². The molecule has 0 aliphatic rings. The van der Waals surface area contributed by atoms with Crippen molar-refractivity contribution in [1.82, 2.24) is 10.2 Å². The summed E-state index contributed by atoms with van der Waals surface area (Å²) in [6, 6.07) is 6.97. The van der Waals surface area contributed by atoms with Crippen molar-refractivity contribution in [3.05, 3.63) is 41.1 Å². The number of nitrogen functional groups attached to an aromatic ring is 1. The average Bonchev–Trinajstić information content (AvgIpc) is 2.68. The fourth-order valence-electron chi connectivity index (χ4n) is 1.45. The van der Waals surface area contributed by atoms with E-state index in [1.54, 1.807) is 18.2 Å². The lowest BCUT2D eigenvalue weighted by Crippen LogP contribution is -2.12. The van der Waals surface area contributed by atoms with Crippen LogP contribution in [0.15, 0.2) is 24.3 Å². The van der Waals surface area contributed by atoms with Crippen LogP contribution in [0.5, 0.6) is 0 Å². The molecule has 0 atom stereocenters. The number of aryl methyl sites for hydroxylation is 2. The number of nitrogens with two attached hydrogens (primary N) is 1. The summed E-state index contributed by atoms with van der Waals surface area (Å²) in [6.45, 7) is 3.76. The van der Waals surface area contributed by atoms with Gasteiger partial charge in [-0.3, -0.25) is 9.89 Å². The second-order valence-corrected chi connectivity index (χ2v) is 3.96. The summed E-state index contributed by atoms with van der Waals surface area (Å²) < 4.78 is 0. The molecule has 0 radical (unpaired) electrons. The first-order valence-electron chi connectivity index (χ1n) is 5.26. The highest BCUT2D eigenvalue weighted by Gasteiger charge is 2.08. The predicted molar refractivity (Wildman–Crippen MR) is 66.9 cm³/mol. The maximum absolute atomic E-state index is 11.9. The average molecular weight is 230 g/mol. The Morgan fingerprint density at radius 3 is 2.71 bits per heavy atom. The lowest BCUT2D eigenvalue weighted by molar-refractivity contribution is 0.102. The number of hydrogen-bond acceptors (Lipinski definition) is 3. The van der Waals surface area contributed by atoms with E-state index >= 15 is 0 Å². The Morgan fingerprint density at radius 1 is 1.35 bits per heavy atom. The van der Waals surface area contributed by atoms with E-state index < -0.39 is 0 Å². The molecule has 1 amide bonds.